The number of amides is 3. The van der Waals surface area contributed by atoms with Gasteiger partial charge < -0.3 is 20.6 Å². The van der Waals surface area contributed by atoms with Crippen molar-refractivity contribution in [1.82, 2.24) is 4.90 Å². The summed E-state index contributed by atoms with van der Waals surface area (Å²) >= 11 is 0. The summed E-state index contributed by atoms with van der Waals surface area (Å²) in [7, 11) is -1.65. The van der Waals surface area contributed by atoms with E-state index in [1.165, 1.54) is 13.1 Å². The number of primary sulfonamides is 1. The van der Waals surface area contributed by atoms with E-state index in [1.54, 1.807) is 66.7 Å². The molecule has 0 aliphatic carbocycles. The molecule has 0 radical (unpaired) electrons. The molecule has 0 saturated carbocycles. The van der Waals surface area contributed by atoms with Crippen molar-refractivity contribution in [3.63, 3.8) is 0 Å². The van der Waals surface area contributed by atoms with Gasteiger partial charge in [0.05, 0.1) is 24.1 Å². The van der Waals surface area contributed by atoms with Gasteiger partial charge in [0.15, 0.2) is 0 Å². The zero-order valence-electron chi connectivity index (χ0n) is 22.7. The number of benzene rings is 3. The molecule has 42 heavy (non-hydrogen) atoms. The van der Waals surface area contributed by atoms with Crippen molar-refractivity contribution in [2.24, 2.45) is 16.0 Å². The van der Waals surface area contributed by atoms with Crippen LogP contribution in [0.4, 0.5) is 10.5 Å². The number of oxime groups is 1. The van der Waals surface area contributed by atoms with Crippen molar-refractivity contribution >= 4 is 45.2 Å². The molecule has 4 rings (SSSR count). The van der Waals surface area contributed by atoms with Crippen LogP contribution in [0.5, 0.6) is 0 Å². The Morgan fingerprint density at radius 3 is 2.40 bits per heavy atom. The Balaban J connectivity index is 1.61. The molecule has 0 fully saturated rings. The van der Waals surface area contributed by atoms with E-state index in [1.807, 2.05) is 0 Å². The summed E-state index contributed by atoms with van der Waals surface area (Å²) in [5, 5.41) is 19.8. The first-order valence-electron chi connectivity index (χ1n) is 12.4. The van der Waals surface area contributed by atoms with Gasteiger partial charge in [-0.15, -0.1) is 0 Å². The van der Waals surface area contributed by atoms with E-state index < -0.39 is 40.0 Å². The number of nitrogens with two attached hydrogens (primary N) is 2. The average Bonchev–Trinajstić information content (AvgIpc) is 3.41. The van der Waals surface area contributed by atoms with Gasteiger partial charge in [0.2, 0.25) is 21.5 Å². The molecule has 13 nitrogen and oxygen atoms in total. The predicted octanol–water partition coefficient (Wildman–Crippen LogP) is 2.40. The Labute approximate surface area is 241 Å². The van der Waals surface area contributed by atoms with Crippen LogP contribution >= 0.6 is 0 Å². The number of rotatable bonds is 8. The molecular formula is C28H28N6O7S. The molecule has 14 heteroatoms. The molecule has 1 atom stereocenters. The summed E-state index contributed by atoms with van der Waals surface area (Å²) in [6.07, 6.45) is -1.61. The number of hydrogen-bond donors (Lipinski definition) is 4. The molecule has 1 aliphatic rings. The third-order valence-electron chi connectivity index (χ3n) is 6.61. The molecule has 0 spiro atoms. The van der Waals surface area contributed by atoms with Gasteiger partial charge in [-0.3, -0.25) is 19.9 Å². The minimum atomic E-state index is -3.98. The van der Waals surface area contributed by atoms with Gasteiger partial charge in [0, 0.05) is 35.8 Å². The van der Waals surface area contributed by atoms with Gasteiger partial charge in [-0.1, -0.05) is 53.7 Å². The summed E-state index contributed by atoms with van der Waals surface area (Å²) in [5.74, 6) is -1.63. The summed E-state index contributed by atoms with van der Waals surface area (Å²) < 4.78 is 28.6. The van der Waals surface area contributed by atoms with E-state index in [0.29, 0.717) is 33.7 Å². The van der Waals surface area contributed by atoms with Gasteiger partial charge in [0.1, 0.15) is 5.84 Å². The van der Waals surface area contributed by atoms with Crippen molar-refractivity contribution in [2.45, 2.75) is 23.3 Å². The van der Waals surface area contributed by atoms with Gasteiger partial charge >= 0.3 is 6.09 Å². The topological polar surface area (TPSA) is 207 Å². The number of carbonyl (C=O) groups is 3. The third kappa shape index (κ3) is 6.29. The second-order valence-electron chi connectivity index (χ2n) is 9.47. The van der Waals surface area contributed by atoms with Crippen molar-refractivity contribution in [3.8, 4) is 11.1 Å². The lowest BCUT2D eigenvalue weighted by Gasteiger charge is -2.26. The number of carbonyl (C=O) groups excluding carboxylic acids is 3. The van der Waals surface area contributed by atoms with Crippen LogP contribution in [0.1, 0.15) is 24.0 Å². The molecule has 1 unspecified atom stereocenters. The summed E-state index contributed by atoms with van der Waals surface area (Å²) in [6.45, 7) is 0. The Bertz CT molecular complexity index is 1710. The zero-order valence-corrected chi connectivity index (χ0v) is 23.5. The highest BCUT2D eigenvalue weighted by molar-refractivity contribution is 7.89. The minimum absolute atomic E-state index is 0.0492. The van der Waals surface area contributed by atoms with E-state index in [-0.39, 0.29) is 17.2 Å². The number of nitrogens with zero attached hydrogens (tertiary/aromatic N) is 2. The van der Waals surface area contributed by atoms with Crippen molar-refractivity contribution in [1.29, 1.82) is 5.41 Å². The lowest BCUT2D eigenvalue weighted by Crippen LogP contribution is -2.48. The number of methoxy groups -OCH3 is 1. The van der Waals surface area contributed by atoms with Gasteiger partial charge in [-0.05, 0) is 29.8 Å². The highest BCUT2D eigenvalue weighted by Gasteiger charge is 2.49. The molecule has 0 aromatic heterocycles. The smallest absolute Gasteiger partial charge is 0.415 e. The Hall–Kier alpha value is -5.08. The van der Waals surface area contributed by atoms with Crippen LogP contribution in [0.3, 0.4) is 0 Å². The predicted molar refractivity (Wildman–Crippen MR) is 154 cm³/mol. The monoisotopic (exact) mass is 592 g/mol. The molecule has 3 aromatic rings. The third-order valence-corrected chi connectivity index (χ3v) is 7.58. The number of nitrogen functional groups attached to an aromatic ring is 1. The van der Waals surface area contributed by atoms with Crippen LogP contribution in [0, 0.1) is 5.41 Å². The Morgan fingerprint density at radius 1 is 1.07 bits per heavy atom. The van der Waals surface area contributed by atoms with Gasteiger partial charge in [-0.25, -0.2) is 18.4 Å². The SMILES string of the molecule is COC(=O)N(C)C(=O)CC1(C(=O)Nc2ccc(-c3ccccc3S(N)(=O)=O)cc2)CC(c2cccc(C(=N)N)c2)=NO1. The molecule has 3 amide bonds. The summed E-state index contributed by atoms with van der Waals surface area (Å²) in [6, 6.07) is 19.2. The first-order chi connectivity index (χ1) is 19.8. The van der Waals surface area contributed by atoms with Crippen LogP contribution in [0.15, 0.2) is 82.8 Å². The lowest BCUT2D eigenvalue weighted by atomic mass is 9.89. The molecule has 1 heterocycles. The number of imide groups is 1. The first kappa shape index (κ1) is 29.9. The molecular weight excluding hydrogens is 564 g/mol. The number of sulfonamides is 1. The highest BCUT2D eigenvalue weighted by Crippen LogP contribution is 2.33. The number of hydrogen-bond acceptors (Lipinski definition) is 9. The number of nitrogens with one attached hydrogen (secondary N) is 2. The molecule has 218 valence electrons. The Kier molecular flexibility index (Phi) is 8.40. The van der Waals surface area contributed by atoms with Gasteiger partial charge in [0.25, 0.3) is 5.91 Å². The zero-order chi connectivity index (χ0) is 30.7. The summed E-state index contributed by atoms with van der Waals surface area (Å²) in [5.41, 5.74) is 6.31. The van der Waals surface area contributed by atoms with Crippen LogP contribution < -0.4 is 16.2 Å². The molecule has 1 aliphatic heterocycles. The largest absolute Gasteiger partial charge is 0.452 e. The second-order valence-corrected chi connectivity index (χ2v) is 11.0. The van der Waals surface area contributed by atoms with E-state index in [0.717, 1.165) is 12.0 Å². The minimum Gasteiger partial charge on any atom is -0.452 e. The van der Waals surface area contributed by atoms with Crippen LogP contribution in [0.25, 0.3) is 11.1 Å². The van der Waals surface area contributed by atoms with E-state index in [4.69, 9.17) is 21.1 Å². The van der Waals surface area contributed by atoms with E-state index in [2.05, 4.69) is 15.2 Å². The maximum Gasteiger partial charge on any atom is 0.415 e. The number of amidine groups is 1. The average molecular weight is 593 g/mol. The van der Waals surface area contributed by atoms with Crippen LogP contribution in [-0.4, -0.2) is 62.5 Å². The summed E-state index contributed by atoms with van der Waals surface area (Å²) in [4.78, 5) is 44.9. The van der Waals surface area contributed by atoms with Crippen LogP contribution in [0.2, 0.25) is 0 Å². The fourth-order valence-electron chi connectivity index (χ4n) is 4.33. The number of anilines is 1. The molecule has 0 saturated heterocycles. The Morgan fingerprint density at radius 2 is 1.76 bits per heavy atom. The maximum absolute atomic E-state index is 13.7. The fraction of sp³-hybridized carbons (Fsp3) is 0.179. The second kappa shape index (κ2) is 11.8. The maximum atomic E-state index is 13.7. The number of ether oxygens (including phenoxy) is 1. The fourth-order valence-corrected chi connectivity index (χ4v) is 5.09. The van der Waals surface area contributed by atoms with E-state index >= 15 is 0 Å². The normalized spacial score (nSPS) is 16.1. The first-order valence-corrected chi connectivity index (χ1v) is 14.0. The highest BCUT2D eigenvalue weighted by atomic mass is 32.2. The standard InChI is InChI=1S/C28H28N6O7S/c1-34(27(37)40-2)24(35)16-28(15-22(33-41-28)18-6-5-7-19(14-18)25(29)30)26(36)32-20-12-10-17(11-13-20)21-8-3-4-9-23(21)42(31,38)39/h3-14H,15-16H2,1-2H3,(H3,29,30)(H,32,36)(H2,31,38,39). The molecule has 6 N–H and O–H groups in total. The van der Waals surface area contributed by atoms with Crippen LogP contribution in [-0.2, 0) is 29.2 Å². The van der Waals surface area contributed by atoms with Crippen molar-refractivity contribution in [3.05, 3.63) is 83.9 Å². The van der Waals surface area contributed by atoms with Crippen molar-refractivity contribution < 1.29 is 32.4 Å². The molecule has 0 bridgehead atoms. The lowest BCUT2D eigenvalue weighted by molar-refractivity contribution is -0.147. The van der Waals surface area contributed by atoms with E-state index in [9.17, 15) is 22.8 Å². The van der Waals surface area contributed by atoms with Gasteiger partial charge in [-0.2, -0.15) is 0 Å². The van der Waals surface area contributed by atoms with Crippen molar-refractivity contribution in [2.75, 3.05) is 19.5 Å². The quantitative estimate of drug-likeness (QED) is 0.225. The molecule has 3 aromatic carbocycles.